The molecule has 0 amide bonds. The normalized spacial score (nSPS) is 10.6. The van der Waals surface area contributed by atoms with E-state index >= 15 is 0 Å². The summed E-state index contributed by atoms with van der Waals surface area (Å²) in [6.07, 6.45) is 1.10. The van der Waals surface area contributed by atoms with Gasteiger partial charge in [0.15, 0.2) is 0 Å². The molecule has 0 saturated heterocycles. The molecule has 2 nitrogen and oxygen atoms in total. The molecule has 0 heterocycles. The van der Waals surface area contributed by atoms with Gasteiger partial charge in [-0.15, -0.1) is 0 Å². The van der Waals surface area contributed by atoms with Crippen molar-refractivity contribution in [1.29, 1.82) is 0 Å². The molecular weight excluding hydrogens is 292 g/mol. The highest BCUT2D eigenvalue weighted by atomic mass is 15.2. The highest BCUT2D eigenvalue weighted by molar-refractivity contribution is 5.23. The Balaban J connectivity index is 0.00000139. The lowest BCUT2D eigenvalue weighted by Gasteiger charge is -2.24. The van der Waals surface area contributed by atoms with Crippen LogP contribution in [0.2, 0.25) is 0 Å². The molecular formula is C22H34N2. The Morgan fingerprint density at radius 2 is 1.29 bits per heavy atom. The van der Waals surface area contributed by atoms with Gasteiger partial charge in [-0.2, -0.15) is 0 Å². The second-order valence-electron chi connectivity index (χ2n) is 6.17. The summed E-state index contributed by atoms with van der Waals surface area (Å²) >= 11 is 0. The van der Waals surface area contributed by atoms with E-state index in [-0.39, 0.29) is 0 Å². The minimum atomic E-state index is 1.00. The molecule has 132 valence electrons. The molecule has 0 N–H and O–H groups in total. The Hall–Kier alpha value is -1.64. The molecule has 0 aliphatic heterocycles. The van der Waals surface area contributed by atoms with Crippen LogP contribution in [0.3, 0.4) is 0 Å². The van der Waals surface area contributed by atoms with Crippen LogP contribution >= 0.6 is 0 Å². The van der Waals surface area contributed by atoms with Crippen molar-refractivity contribution >= 4 is 0 Å². The molecule has 0 saturated carbocycles. The van der Waals surface area contributed by atoms with E-state index in [1.54, 1.807) is 0 Å². The van der Waals surface area contributed by atoms with Gasteiger partial charge in [-0.25, -0.2) is 0 Å². The van der Waals surface area contributed by atoms with Gasteiger partial charge in [-0.3, -0.25) is 4.90 Å². The molecule has 2 aromatic rings. The van der Waals surface area contributed by atoms with Crippen molar-refractivity contribution in [2.45, 2.75) is 40.3 Å². The Kier molecular flexibility index (Phi) is 10.1. The molecule has 2 aromatic carbocycles. The first-order valence-electron chi connectivity index (χ1n) is 9.16. The average Bonchev–Trinajstić information content (AvgIpc) is 2.62. The number of hydrogen-bond donors (Lipinski definition) is 0. The van der Waals surface area contributed by atoms with Gasteiger partial charge in [-0.05, 0) is 37.2 Å². The molecule has 0 fully saturated rings. The fourth-order valence-electron chi connectivity index (χ4n) is 2.60. The fraction of sp³-hybridized carbons (Fsp3) is 0.455. The monoisotopic (exact) mass is 326 g/mol. The van der Waals surface area contributed by atoms with E-state index in [1.807, 2.05) is 13.8 Å². The van der Waals surface area contributed by atoms with E-state index in [4.69, 9.17) is 0 Å². The molecule has 0 aromatic heterocycles. The Morgan fingerprint density at radius 1 is 0.708 bits per heavy atom. The molecule has 0 atom stereocenters. The second-order valence-corrected chi connectivity index (χ2v) is 6.17. The molecule has 0 spiro atoms. The molecule has 24 heavy (non-hydrogen) atoms. The zero-order valence-electron chi connectivity index (χ0n) is 16.1. The van der Waals surface area contributed by atoms with Crippen molar-refractivity contribution in [3.8, 4) is 0 Å². The summed E-state index contributed by atoms with van der Waals surface area (Å²) in [5, 5.41) is 0. The van der Waals surface area contributed by atoms with Gasteiger partial charge in [0.25, 0.3) is 0 Å². The van der Waals surface area contributed by atoms with Crippen molar-refractivity contribution in [2.75, 3.05) is 27.2 Å². The largest absolute Gasteiger partial charge is 0.308 e. The predicted molar refractivity (Wildman–Crippen MR) is 106 cm³/mol. The third-order valence-electron chi connectivity index (χ3n) is 3.92. The lowest BCUT2D eigenvalue weighted by Crippen LogP contribution is -2.31. The van der Waals surface area contributed by atoms with E-state index < -0.39 is 0 Å². The zero-order valence-corrected chi connectivity index (χ0v) is 16.1. The highest BCUT2D eigenvalue weighted by Gasteiger charge is 2.08. The standard InChI is InChI=1S/C20H28N2.C2H6/c1-4-18-11-8-12-20(15-18)17-22(14-13-21(2)3)16-19-9-6-5-7-10-19;1-2/h5-12,15H,4,13-14,16-17H2,1-3H3;1-2H3. The van der Waals surface area contributed by atoms with Crippen LogP contribution in [0.25, 0.3) is 0 Å². The van der Waals surface area contributed by atoms with Gasteiger partial charge in [0.05, 0.1) is 0 Å². The molecule has 0 radical (unpaired) electrons. The summed E-state index contributed by atoms with van der Waals surface area (Å²) < 4.78 is 0. The van der Waals surface area contributed by atoms with Crippen LogP contribution in [0.4, 0.5) is 0 Å². The van der Waals surface area contributed by atoms with Crippen LogP contribution in [0.1, 0.15) is 37.5 Å². The lowest BCUT2D eigenvalue weighted by molar-refractivity contribution is 0.226. The minimum Gasteiger partial charge on any atom is -0.308 e. The summed E-state index contributed by atoms with van der Waals surface area (Å²) in [6.45, 7) is 10.4. The topological polar surface area (TPSA) is 6.48 Å². The number of rotatable bonds is 8. The average molecular weight is 327 g/mol. The summed E-state index contributed by atoms with van der Waals surface area (Å²) in [6, 6.07) is 19.7. The van der Waals surface area contributed by atoms with Gasteiger partial charge in [0.2, 0.25) is 0 Å². The Bertz CT molecular complexity index is 549. The Morgan fingerprint density at radius 3 is 1.92 bits per heavy atom. The van der Waals surface area contributed by atoms with Crippen LogP contribution in [-0.2, 0) is 19.5 Å². The van der Waals surface area contributed by atoms with Gasteiger partial charge in [-0.1, -0.05) is 75.4 Å². The smallest absolute Gasteiger partial charge is 0.0237 e. The lowest BCUT2D eigenvalue weighted by atomic mass is 10.1. The van der Waals surface area contributed by atoms with Crippen molar-refractivity contribution in [2.24, 2.45) is 0 Å². The van der Waals surface area contributed by atoms with Crippen LogP contribution < -0.4 is 0 Å². The van der Waals surface area contributed by atoms with E-state index in [0.717, 1.165) is 32.6 Å². The molecule has 0 bridgehead atoms. The Labute approximate surface area is 149 Å². The first kappa shape index (κ1) is 20.4. The zero-order chi connectivity index (χ0) is 17.8. The highest BCUT2D eigenvalue weighted by Crippen LogP contribution is 2.12. The van der Waals surface area contributed by atoms with Crippen molar-refractivity contribution in [1.82, 2.24) is 9.80 Å². The summed E-state index contributed by atoms with van der Waals surface area (Å²) in [5.74, 6) is 0. The summed E-state index contributed by atoms with van der Waals surface area (Å²) in [7, 11) is 4.27. The maximum atomic E-state index is 2.53. The quantitative estimate of drug-likeness (QED) is 0.685. The SMILES string of the molecule is CC.CCc1cccc(CN(CCN(C)C)Cc2ccccc2)c1. The van der Waals surface area contributed by atoms with Gasteiger partial charge >= 0.3 is 0 Å². The van der Waals surface area contributed by atoms with Crippen molar-refractivity contribution < 1.29 is 0 Å². The first-order valence-corrected chi connectivity index (χ1v) is 9.16. The number of likely N-dealkylation sites (N-methyl/N-ethyl adjacent to an activating group) is 1. The number of hydrogen-bond acceptors (Lipinski definition) is 2. The fourth-order valence-corrected chi connectivity index (χ4v) is 2.60. The van der Waals surface area contributed by atoms with Gasteiger partial charge in [0, 0.05) is 26.2 Å². The van der Waals surface area contributed by atoms with Crippen LogP contribution in [-0.4, -0.2) is 37.0 Å². The molecule has 0 unspecified atom stereocenters. The predicted octanol–water partition coefficient (Wildman–Crippen LogP) is 4.84. The first-order chi connectivity index (χ1) is 11.7. The molecule has 0 aliphatic carbocycles. The number of aryl methyl sites for hydroxylation is 1. The molecule has 2 rings (SSSR count). The summed E-state index contributed by atoms with van der Waals surface area (Å²) in [4.78, 5) is 4.78. The molecule has 0 aliphatic rings. The van der Waals surface area contributed by atoms with Crippen molar-refractivity contribution in [3.63, 3.8) is 0 Å². The van der Waals surface area contributed by atoms with E-state index in [9.17, 15) is 0 Å². The van der Waals surface area contributed by atoms with Gasteiger partial charge < -0.3 is 4.90 Å². The summed E-state index contributed by atoms with van der Waals surface area (Å²) in [5.41, 5.74) is 4.21. The van der Waals surface area contributed by atoms with E-state index in [2.05, 4.69) is 85.4 Å². The third kappa shape index (κ3) is 7.76. The van der Waals surface area contributed by atoms with Crippen molar-refractivity contribution in [3.05, 3.63) is 71.3 Å². The van der Waals surface area contributed by atoms with Crippen LogP contribution in [0, 0.1) is 0 Å². The van der Waals surface area contributed by atoms with Crippen LogP contribution in [0.5, 0.6) is 0 Å². The van der Waals surface area contributed by atoms with E-state index in [1.165, 1.54) is 16.7 Å². The number of nitrogens with zero attached hydrogens (tertiary/aromatic N) is 2. The number of benzene rings is 2. The maximum Gasteiger partial charge on any atom is 0.0237 e. The minimum absolute atomic E-state index is 1.00. The second kappa shape index (κ2) is 11.8. The van der Waals surface area contributed by atoms with E-state index in [0.29, 0.717) is 0 Å². The third-order valence-corrected chi connectivity index (χ3v) is 3.92. The van der Waals surface area contributed by atoms with Crippen LogP contribution in [0.15, 0.2) is 54.6 Å². The van der Waals surface area contributed by atoms with Gasteiger partial charge in [0.1, 0.15) is 0 Å². The maximum absolute atomic E-state index is 2.53. The molecule has 2 heteroatoms.